The number of rotatable bonds is 4. The Labute approximate surface area is 54.4 Å². The number of alkyl halides is 4. The zero-order chi connectivity index (χ0) is 8.20. The van der Waals surface area contributed by atoms with Crippen molar-refractivity contribution in [1.29, 1.82) is 0 Å². The normalized spacial score (nSPS) is 15.3. The van der Waals surface area contributed by atoms with Gasteiger partial charge in [-0.05, 0) is 0 Å². The van der Waals surface area contributed by atoms with Crippen LogP contribution in [0.3, 0.4) is 0 Å². The standard InChI is InChI=1S/C4H5F4O2/c5-1-3(6)10-2-4(7,8)9/h3H,1-2H2. The summed E-state index contributed by atoms with van der Waals surface area (Å²) in [6.07, 6.45) is -6.78. The van der Waals surface area contributed by atoms with Crippen molar-refractivity contribution < 1.29 is 27.4 Å². The number of hydrogen-bond acceptors (Lipinski definition) is 1. The van der Waals surface area contributed by atoms with Crippen molar-refractivity contribution in [3.8, 4) is 0 Å². The van der Waals surface area contributed by atoms with Crippen molar-refractivity contribution >= 4 is 0 Å². The maximum Gasteiger partial charge on any atom is 0.404 e. The van der Waals surface area contributed by atoms with Gasteiger partial charge >= 0.3 is 6.11 Å². The Bertz CT molecular complexity index is 91.7. The van der Waals surface area contributed by atoms with Crippen LogP contribution in [0, 0.1) is 0 Å². The lowest BCUT2D eigenvalue weighted by molar-refractivity contribution is -0.282. The summed E-state index contributed by atoms with van der Waals surface area (Å²) in [6.45, 7) is -3.17. The average molecular weight is 161 g/mol. The number of hydrogen-bond donors (Lipinski definition) is 0. The minimum Gasteiger partial charge on any atom is -0.337 e. The van der Waals surface area contributed by atoms with E-state index in [1.165, 1.54) is 0 Å². The van der Waals surface area contributed by atoms with Crippen LogP contribution >= 0.6 is 0 Å². The molecule has 1 atom stereocenters. The molecule has 0 rings (SSSR count). The van der Waals surface area contributed by atoms with Gasteiger partial charge in [0, 0.05) is 0 Å². The van der Waals surface area contributed by atoms with E-state index in [1.54, 1.807) is 0 Å². The fourth-order valence-electron chi connectivity index (χ4n) is 0.232. The third kappa shape index (κ3) is 5.77. The molecule has 0 bridgehead atoms. The molecule has 0 amide bonds. The van der Waals surface area contributed by atoms with Crippen LogP contribution in [-0.4, -0.2) is 25.7 Å². The number of halogens is 4. The van der Waals surface area contributed by atoms with Gasteiger partial charge in [-0.1, -0.05) is 0 Å². The van der Waals surface area contributed by atoms with Gasteiger partial charge in [0.25, 0.3) is 0 Å². The van der Waals surface area contributed by atoms with E-state index in [2.05, 4.69) is 4.74 Å². The van der Waals surface area contributed by atoms with Crippen LogP contribution in [0.25, 0.3) is 0 Å². The van der Waals surface area contributed by atoms with Gasteiger partial charge in [-0.2, -0.15) is 13.9 Å². The Morgan fingerprint density at radius 3 is 2.30 bits per heavy atom. The Morgan fingerprint density at radius 2 is 2.00 bits per heavy atom. The summed E-state index contributed by atoms with van der Waals surface area (Å²) in [6, 6.07) is 0. The van der Waals surface area contributed by atoms with E-state index in [0.717, 1.165) is 0 Å². The van der Waals surface area contributed by atoms with Crippen LogP contribution in [0.4, 0.5) is 17.6 Å². The van der Waals surface area contributed by atoms with Gasteiger partial charge in [-0.15, -0.1) is 0 Å². The molecule has 0 spiro atoms. The monoisotopic (exact) mass is 161 g/mol. The second-order valence-electron chi connectivity index (χ2n) is 1.51. The second kappa shape index (κ2) is 3.72. The van der Waals surface area contributed by atoms with E-state index in [-0.39, 0.29) is 0 Å². The first kappa shape index (κ1) is 9.64. The summed E-state index contributed by atoms with van der Waals surface area (Å²) < 4.78 is 48.7. The zero-order valence-electron chi connectivity index (χ0n) is 4.82. The third-order valence-corrected chi connectivity index (χ3v) is 0.554. The highest BCUT2D eigenvalue weighted by molar-refractivity contribution is 4.45. The molecule has 0 saturated heterocycles. The summed E-state index contributed by atoms with van der Waals surface area (Å²) in [5.41, 5.74) is 0. The molecule has 61 valence electrons. The van der Waals surface area contributed by atoms with E-state index in [4.69, 9.17) is 0 Å². The summed E-state index contributed by atoms with van der Waals surface area (Å²) in [7, 11) is 0. The third-order valence-electron chi connectivity index (χ3n) is 0.554. The molecule has 0 N–H and O–H groups in total. The van der Waals surface area contributed by atoms with Crippen molar-refractivity contribution in [2.45, 2.75) is 12.5 Å². The lowest BCUT2D eigenvalue weighted by Gasteiger charge is -2.08. The van der Waals surface area contributed by atoms with Crippen molar-refractivity contribution in [3.63, 3.8) is 0 Å². The van der Waals surface area contributed by atoms with Crippen LogP contribution in [-0.2, 0) is 9.84 Å². The van der Waals surface area contributed by atoms with Gasteiger partial charge in [0.1, 0.15) is 13.3 Å². The molecule has 1 unspecified atom stereocenters. The van der Waals surface area contributed by atoms with Crippen molar-refractivity contribution in [1.82, 2.24) is 0 Å². The molecular formula is C4H5F4O2. The van der Waals surface area contributed by atoms with E-state index < -0.39 is 25.7 Å². The highest BCUT2D eigenvalue weighted by Gasteiger charge is 2.28. The van der Waals surface area contributed by atoms with Crippen molar-refractivity contribution in [2.75, 3.05) is 13.3 Å². The zero-order valence-corrected chi connectivity index (χ0v) is 4.82. The molecule has 6 heteroatoms. The average Bonchev–Trinajstić information content (AvgIpc) is 1.81. The van der Waals surface area contributed by atoms with E-state index >= 15 is 0 Å². The smallest absolute Gasteiger partial charge is 0.337 e. The van der Waals surface area contributed by atoms with Crippen molar-refractivity contribution in [3.05, 3.63) is 0 Å². The largest absolute Gasteiger partial charge is 0.404 e. The molecule has 10 heavy (non-hydrogen) atoms. The summed E-state index contributed by atoms with van der Waals surface area (Å²) in [5, 5.41) is 9.38. The first-order valence-corrected chi connectivity index (χ1v) is 2.35. The highest BCUT2D eigenvalue weighted by atomic mass is 19.3. The molecular weight excluding hydrogens is 156 g/mol. The summed E-state index contributed by atoms with van der Waals surface area (Å²) >= 11 is 0. The van der Waals surface area contributed by atoms with Gasteiger partial charge in [0.15, 0.2) is 0 Å². The maximum atomic E-state index is 11.6. The Balaban J connectivity index is 3.36. The summed E-state index contributed by atoms with van der Waals surface area (Å²) in [5.74, 6) is 0. The van der Waals surface area contributed by atoms with Gasteiger partial charge in [-0.3, -0.25) is 0 Å². The fraction of sp³-hybridized carbons (Fsp3) is 1.00. The molecule has 1 radical (unpaired) electrons. The molecule has 0 aromatic carbocycles. The lowest BCUT2D eigenvalue weighted by Crippen LogP contribution is -2.24. The molecule has 0 saturated carbocycles. The molecule has 0 aliphatic heterocycles. The predicted molar refractivity (Wildman–Crippen MR) is 22.5 cm³/mol. The predicted octanol–water partition coefficient (Wildman–Crippen LogP) is 1.29. The quantitative estimate of drug-likeness (QED) is 0.571. The molecule has 0 fully saturated rings. The second-order valence-corrected chi connectivity index (χ2v) is 1.51. The van der Waals surface area contributed by atoms with Gasteiger partial charge < -0.3 is 4.74 Å². The molecule has 0 aromatic heterocycles. The topological polar surface area (TPSA) is 29.1 Å². The van der Waals surface area contributed by atoms with Crippen LogP contribution in [0.15, 0.2) is 0 Å². The SMILES string of the molecule is [O]C(F)(F)COC(F)CF. The van der Waals surface area contributed by atoms with Crippen LogP contribution in [0.1, 0.15) is 0 Å². The van der Waals surface area contributed by atoms with Crippen molar-refractivity contribution in [2.24, 2.45) is 0 Å². The van der Waals surface area contributed by atoms with Gasteiger partial charge in [0.2, 0.25) is 6.36 Å². The Morgan fingerprint density at radius 1 is 1.50 bits per heavy atom. The lowest BCUT2D eigenvalue weighted by atomic mass is 10.6. The van der Waals surface area contributed by atoms with Crippen LogP contribution in [0.2, 0.25) is 0 Å². The number of ether oxygens (including phenoxy) is 1. The van der Waals surface area contributed by atoms with E-state index in [9.17, 15) is 22.7 Å². The molecule has 0 aliphatic carbocycles. The van der Waals surface area contributed by atoms with Gasteiger partial charge in [-0.25, -0.2) is 8.78 Å². The van der Waals surface area contributed by atoms with Crippen LogP contribution < -0.4 is 0 Å². The molecule has 0 heterocycles. The minimum absolute atomic E-state index is 1.53. The first-order chi connectivity index (χ1) is 4.45. The van der Waals surface area contributed by atoms with E-state index in [1.807, 2.05) is 0 Å². The molecule has 0 aromatic rings. The molecule has 2 nitrogen and oxygen atoms in total. The summed E-state index contributed by atoms with van der Waals surface area (Å²) in [4.78, 5) is 0. The maximum absolute atomic E-state index is 11.6. The first-order valence-electron chi connectivity index (χ1n) is 2.35. The van der Waals surface area contributed by atoms with Crippen LogP contribution in [0.5, 0.6) is 0 Å². The Kier molecular flexibility index (Phi) is 3.59. The highest BCUT2D eigenvalue weighted by Crippen LogP contribution is 2.10. The minimum atomic E-state index is -4.35. The Hall–Kier alpha value is -0.360. The molecule has 0 aliphatic rings. The fourth-order valence-corrected chi connectivity index (χ4v) is 0.232. The van der Waals surface area contributed by atoms with E-state index in [0.29, 0.717) is 0 Å². The van der Waals surface area contributed by atoms with Gasteiger partial charge in [0.05, 0.1) is 0 Å².